The molecule has 2 aliphatic rings. The first kappa shape index (κ1) is 40.9. The van der Waals surface area contributed by atoms with Crippen molar-refractivity contribution in [3.05, 3.63) is 186 Å². The van der Waals surface area contributed by atoms with E-state index in [1.165, 1.54) is 93.2 Å². The van der Waals surface area contributed by atoms with Crippen LogP contribution < -0.4 is 4.90 Å². The van der Waals surface area contributed by atoms with Gasteiger partial charge in [0.2, 0.25) is 0 Å². The molecule has 0 bridgehead atoms. The van der Waals surface area contributed by atoms with Gasteiger partial charge in [-0.3, -0.25) is 0 Å². The van der Waals surface area contributed by atoms with Crippen molar-refractivity contribution in [3.63, 3.8) is 0 Å². The first-order valence-electron chi connectivity index (χ1n) is 23.4. The molecule has 1 unspecified atom stereocenters. The van der Waals surface area contributed by atoms with Crippen LogP contribution in [0.25, 0.3) is 60.5 Å². The number of hydrogen-bond donors (Lipinski definition) is 0. The van der Waals surface area contributed by atoms with Gasteiger partial charge in [-0.15, -0.1) is 0 Å². The van der Waals surface area contributed by atoms with Crippen LogP contribution >= 0.6 is 0 Å². The Balaban J connectivity index is 1.20. The number of nitrogens with zero attached hydrogens (tertiary/aromatic N) is 1. The number of furan rings is 1. The van der Waals surface area contributed by atoms with Gasteiger partial charge in [-0.25, -0.2) is 0 Å². The Morgan fingerprint density at radius 2 is 1.22 bits per heavy atom. The maximum absolute atomic E-state index is 6.42. The predicted molar refractivity (Wildman–Crippen MR) is 270 cm³/mol. The smallest absolute Gasteiger partial charge is 0.136 e. The van der Waals surface area contributed by atoms with Crippen LogP contribution in [0.2, 0.25) is 0 Å². The average molecular weight is 824 g/mol. The van der Waals surface area contributed by atoms with Crippen LogP contribution in [0, 0.1) is 5.92 Å². The first-order valence-corrected chi connectivity index (χ1v) is 23.4. The fraction of sp³-hybridized carbons (Fsp3) is 0.279. The zero-order valence-corrected chi connectivity index (χ0v) is 38.3. The van der Waals surface area contributed by atoms with E-state index in [-0.39, 0.29) is 10.8 Å². The fourth-order valence-electron chi connectivity index (χ4n) is 10.3. The third kappa shape index (κ3) is 7.84. The van der Waals surface area contributed by atoms with E-state index in [0.29, 0.717) is 11.8 Å². The average Bonchev–Trinajstić information content (AvgIpc) is 3.67. The molecule has 2 heteroatoms. The van der Waals surface area contributed by atoms with E-state index in [2.05, 4.69) is 205 Å². The third-order valence-corrected chi connectivity index (χ3v) is 13.9. The van der Waals surface area contributed by atoms with Crippen LogP contribution in [0.4, 0.5) is 11.4 Å². The molecule has 0 spiro atoms. The molecule has 0 saturated heterocycles. The zero-order chi connectivity index (χ0) is 43.5. The van der Waals surface area contributed by atoms with Gasteiger partial charge >= 0.3 is 0 Å². The number of para-hydroxylation sites is 2. The van der Waals surface area contributed by atoms with Gasteiger partial charge in [0, 0.05) is 33.3 Å². The number of anilines is 2. The van der Waals surface area contributed by atoms with Gasteiger partial charge in [0.1, 0.15) is 11.2 Å². The van der Waals surface area contributed by atoms with Crippen molar-refractivity contribution >= 4 is 49.7 Å². The highest BCUT2D eigenvalue weighted by molar-refractivity contribution is 6.06. The maximum Gasteiger partial charge on any atom is 0.136 e. The summed E-state index contributed by atoms with van der Waals surface area (Å²) in [6.45, 7) is 16.4. The minimum Gasteiger partial charge on any atom is -0.456 e. The van der Waals surface area contributed by atoms with Gasteiger partial charge in [0.25, 0.3) is 0 Å². The molecule has 316 valence electrons. The molecule has 7 aromatic carbocycles. The Morgan fingerprint density at radius 3 is 2.00 bits per heavy atom. The van der Waals surface area contributed by atoms with Crippen LogP contribution in [0.15, 0.2) is 168 Å². The second kappa shape index (κ2) is 16.2. The molecule has 2 nitrogen and oxygen atoms in total. The maximum atomic E-state index is 6.42. The lowest BCUT2D eigenvalue weighted by Crippen LogP contribution is -2.22. The summed E-state index contributed by atoms with van der Waals surface area (Å²) in [6, 6.07) is 54.7. The molecule has 0 N–H and O–H groups in total. The minimum atomic E-state index is -0.0123. The first-order chi connectivity index (χ1) is 30.4. The summed E-state index contributed by atoms with van der Waals surface area (Å²) in [5.41, 5.74) is 17.0. The van der Waals surface area contributed by atoms with Crippen molar-refractivity contribution in [1.82, 2.24) is 0 Å². The topological polar surface area (TPSA) is 16.4 Å². The summed E-state index contributed by atoms with van der Waals surface area (Å²) < 4.78 is 6.42. The van der Waals surface area contributed by atoms with Crippen molar-refractivity contribution in [1.29, 1.82) is 0 Å². The Kier molecular flexibility index (Phi) is 10.5. The van der Waals surface area contributed by atoms with E-state index in [1.807, 2.05) is 6.07 Å². The summed E-state index contributed by atoms with van der Waals surface area (Å²) >= 11 is 0. The van der Waals surface area contributed by atoms with E-state index < -0.39 is 0 Å². The predicted octanol–water partition coefficient (Wildman–Crippen LogP) is 17.9. The number of fused-ring (bicyclic) bond motifs is 4. The highest BCUT2D eigenvalue weighted by Gasteiger charge is 2.29. The molecule has 2 aliphatic carbocycles. The lowest BCUT2D eigenvalue weighted by atomic mass is 9.78. The lowest BCUT2D eigenvalue weighted by molar-refractivity contribution is 0.445. The quantitative estimate of drug-likeness (QED) is 0.159. The molecule has 0 radical (unpaired) electrons. The van der Waals surface area contributed by atoms with Gasteiger partial charge in [0.05, 0.1) is 5.69 Å². The third-order valence-electron chi connectivity index (χ3n) is 13.9. The van der Waals surface area contributed by atoms with E-state index in [0.717, 1.165) is 45.2 Å². The number of benzene rings is 7. The molecule has 1 fully saturated rings. The highest BCUT2D eigenvalue weighted by Crippen LogP contribution is 2.48. The van der Waals surface area contributed by atoms with E-state index in [1.54, 1.807) is 0 Å². The lowest BCUT2D eigenvalue weighted by Gasteiger charge is -2.35. The molecule has 10 rings (SSSR count). The zero-order valence-electron chi connectivity index (χ0n) is 38.3. The van der Waals surface area contributed by atoms with Gasteiger partial charge in [-0.2, -0.15) is 0 Å². The largest absolute Gasteiger partial charge is 0.456 e. The second-order valence-electron chi connectivity index (χ2n) is 20.5. The van der Waals surface area contributed by atoms with Crippen molar-refractivity contribution in [2.24, 2.45) is 5.92 Å². The molecular weight excluding hydrogens is 763 g/mol. The van der Waals surface area contributed by atoms with Crippen molar-refractivity contribution in [2.75, 3.05) is 4.90 Å². The van der Waals surface area contributed by atoms with Crippen LogP contribution in [0.3, 0.4) is 0 Å². The Labute approximate surface area is 375 Å². The number of allylic oxidation sites excluding steroid dienone is 3. The van der Waals surface area contributed by atoms with Gasteiger partial charge < -0.3 is 9.32 Å². The number of hydrogen-bond acceptors (Lipinski definition) is 2. The van der Waals surface area contributed by atoms with Crippen molar-refractivity contribution in [3.8, 4) is 22.3 Å². The second-order valence-corrected chi connectivity index (χ2v) is 20.5. The van der Waals surface area contributed by atoms with Crippen molar-refractivity contribution < 1.29 is 4.42 Å². The Morgan fingerprint density at radius 1 is 0.556 bits per heavy atom. The fourth-order valence-corrected chi connectivity index (χ4v) is 10.3. The summed E-state index contributed by atoms with van der Waals surface area (Å²) in [4.78, 5) is 2.59. The van der Waals surface area contributed by atoms with Gasteiger partial charge in [-0.1, -0.05) is 189 Å². The van der Waals surface area contributed by atoms with E-state index >= 15 is 0 Å². The van der Waals surface area contributed by atoms with Crippen LogP contribution in [0.1, 0.15) is 115 Å². The van der Waals surface area contributed by atoms with E-state index in [9.17, 15) is 0 Å². The number of rotatable bonds is 7. The molecule has 1 aromatic heterocycles. The summed E-state index contributed by atoms with van der Waals surface area (Å²) in [6.07, 6.45) is 12.6. The monoisotopic (exact) mass is 823 g/mol. The molecule has 1 heterocycles. The molecular formula is C61H61NO. The molecule has 8 aromatic rings. The van der Waals surface area contributed by atoms with Crippen LogP contribution in [-0.4, -0.2) is 0 Å². The van der Waals surface area contributed by atoms with Gasteiger partial charge in [0.15, 0.2) is 0 Å². The summed E-state index contributed by atoms with van der Waals surface area (Å²) in [5.74, 6) is 0.949. The molecule has 63 heavy (non-hydrogen) atoms. The Hall–Kier alpha value is -6.12. The SMILES string of the molecule is CC1C=C(N(c2cccc(-c3ccc4c(c3)oc3ccccc34)c2)c2ccccc2-c2cc(C(C)(C)C)cc(C(C)(C)C)c2)C(c2cccc3cccc(C4CCCCC4)c23)=CC1. The standard InChI is InChI=1S/C61H61NO/c1-40-30-32-51(54-27-17-21-42-20-16-26-50(59(42)54)41-18-9-8-10-19-41)56(34-40)62(55-28-13-11-24-49(55)45-35-46(60(2,3)4)39-47(36-45)61(5,6)7)48-23-15-22-43(37-48)44-31-33-53-52-25-12-14-29-57(52)63-58(53)38-44/h11-17,20-29,31-41H,8-10,18-19,30H2,1-7H3. The molecule has 1 saturated carbocycles. The van der Waals surface area contributed by atoms with Gasteiger partial charge in [-0.05, 0) is 128 Å². The minimum absolute atomic E-state index is 0.0123. The van der Waals surface area contributed by atoms with Crippen LogP contribution in [0.5, 0.6) is 0 Å². The molecule has 0 amide bonds. The van der Waals surface area contributed by atoms with E-state index in [4.69, 9.17) is 4.42 Å². The van der Waals surface area contributed by atoms with Crippen LogP contribution in [-0.2, 0) is 10.8 Å². The highest BCUT2D eigenvalue weighted by atomic mass is 16.3. The molecule has 0 aliphatic heterocycles. The normalized spacial score (nSPS) is 16.4. The summed E-state index contributed by atoms with van der Waals surface area (Å²) in [7, 11) is 0. The Bertz CT molecular complexity index is 3020. The van der Waals surface area contributed by atoms with Crippen molar-refractivity contribution in [2.45, 2.75) is 104 Å². The summed E-state index contributed by atoms with van der Waals surface area (Å²) in [5, 5.41) is 5.05. The molecule has 1 atom stereocenters.